The second kappa shape index (κ2) is 12.2. The molecule has 3 rings (SSSR count). The molecule has 1 aliphatic heterocycles. The average molecular weight is 539 g/mol. The highest BCUT2D eigenvalue weighted by Gasteiger charge is 2.39. The summed E-state index contributed by atoms with van der Waals surface area (Å²) in [4.78, 5) is 40.2. The van der Waals surface area contributed by atoms with Gasteiger partial charge in [-0.1, -0.05) is 32.0 Å². The Bertz CT molecular complexity index is 1210. The Morgan fingerprint density at radius 1 is 1.17 bits per heavy atom. The Morgan fingerprint density at radius 3 is 2.42 bits per heavy atom. The molecular formula is C23H31ClN6O5S. The molecule has 2 atom stereocenters. The maximum Gasteiger partial charge on any atom is 0.259 e. The molecular weight excluding hydrogens is 508 g/mol. The van der Waals surface area contributed by atoms with Crippen LogP contribution in [-0.2, 0) is 19.6 Å². The molecule has 0 unspecified atom stereocenters. The molecule has 2 heterocycles. The first kappa shape index (κ1) is 29.0. The van der Waals surface area contributed by atoms with E-state index in [-0.39, 0.29) is 47.7 Å². The van der Waals surface area contributed by atoms with Crippen LogP contribution >= 0.6 is 12.4 Å². The summed E-state index contributed by atoms with van der Waals surface area (Å²) in [6.07, 6.45) is 3.87. The minimum atomic E-state index is -3.96. The monoisotopic (exact) mass is 538 g/mol. The van der Waals surface area contributed by atoms with E-state index in [1.807, 2.05) is 13.8 Å². The van der Waals surface area contributed by atoms with Crippen molar-refractivity contribution < 1.29 is 22.8 Å². The second-order valence-corrected chi connectivity index (χ2v) is 10.5. The van der Waals surface area contributed by atoms with E-state index in [9.17, 15) is 22.8 Å². The zero-order valence-electron chi connectivity index (χ0n) is 20.0. The predicted octanol–water partition coefficient (Wildman–Crippen LogP) is 1.29. The largest absolute Gasteiger partial charge is 0.369 e. The molecule has 11 nitrogen and oxygen atoms in total. The molecule has 0 radical (unpaired) electrons. The van der Waals surface area contributed by atoms with Crippen LogP contribution in [0.4, 0.5) is 0 Å². The summed E-state index contributed by atoms with van der Waals surface area (Å²) >= 11 is 0. The number of nitrogens with zero attached hydrogens (tertiary/aromatic N) is 2. The van der Waals surface area contributed by atoms with Crippen LogP contribution in [0, 0.1) is 11.3 Å². The lowest BCUT2D eigenvalue weighted by molar-refractivity contribution is -0.139. The summed E-state index contributed by atoms with van der Waals surface area (Å²) in [6.45, 7) is 4.02. The number of halogens is 1. The van der Waals surface area contributed by atoms with Gasteiger partial charge >= 0.3 is 0 Å². The van der Waals surface area contributed by atoms with Crippen LogP contribution in [0.15, 0.2) is 53.7 Å². The maximum atomic E-state index is 13.4. The fourth-order valence-electron chi connectivity index (χ4n) is 3.98. The molecule has 1 aromatic carbocycles. The summed E-state index contributed by atoms with van der Waals surface area (Å²) < 4.78 is 29.5. The average Bonchev–Trinajstić information content (AvgIpc) is 3.48. The van der Waals surface area contributed by atoms with Crippen molar-refractivity contribution in [2.24, 2.45) is 11.7 Å². The van der Waals surface area contributed by atoms with Gasteiger partial charge in [0.2, 0.25) is 21.8 Å². The predicted molar refractivity (Wildman–Crippen MR) is 136 cm³/mol. The Labute approximate surface area is 216 Å². The number of hydrogen-bond acceptors (Lipinski definition) is 6. The van der Waals surface area contributed by atoms with Crippen molar-refractivity contribution in [2.75, 3.05) is 6.54 Å². The van der Waals surface area contributed by atoms with Crippen molar-refractivity contribution in [1.82, 2.24) is 19.5 Å². The first-order valence-electron chi connectivity index (χ1n) is 11.2. The number of sulfonamides is 1. The lowest BCUT2D eigenvalue weighted by Crippen LogP contribution is -2.54. The van der Waals surface area contributed by atoms with E-state index >= 15 is 0 Å². The number of benzene rings is 1. The smallest absolute Gasteiger partial charge is 0.259 e. The van der Waals surface area contributed by atoms with Gasteiger partial charge < -0.3 is 10.6 Å². The normalized spacial score (nSPS) is 16.3. The number of hydrogen-bond donors (Lipinski definition) is 4. The van der Waals surface area contributed by atoms with Gasteiger partial charge in [0.15, 0.2) is 5.96 Å². The summed E-state index contributed by atoms with van der Waals surface area (Å²) in [5.41, 5.74) is 5.51. The topological polar surface area (TPSA) is 167 Å². The van der Waals surface area contributed by atoms with E-state index in [0.29, 0.717) is 12.8 Å². The fourth-order valence-corrected chi connectivity index (χ4v) is 5.20. The van der Waals surface area contributed by atoms with E-state index < -0.39 is 39.8 Å². The number of amides is 3. The molecule has 1 aliphatic rings. The van der Waals surface area contributed by atoms with Gasteiger partial charge in [0.05, 0.1) is 10.5 Å². The summed E-state index contributed by atoms with van der Waals surface area (Å²) in [5.74, 6) is -2.12. The van der Waals surface area contributed by atoms with Crippen LogP contribution in [0.5, 0.6) is 0 Å². The molecule has 0 aliphatic carbocycles. The molecule has 1 saturated heterocycles. The van der Waals surface area contributed by atoms with Gasteiger partial charge in [-0.25, -0.2) is 8.42 Å². The minimum Gasteiger partial charge on any atom is -0.369 e. The summed E-state index contributed by atoms with van der Waals surface area (Å²) in [7, 11) is -3.96. The number of imide groups is 1. The van der Waals surface area contributed by atoms with Gasteiger partial charge in [-0.05, 0) is 43.4 Å². The number of nitrogens with two attached hydrogens (primary N) is 1. The van der Waals surface area contributed by atoms with E-state index in [0.717, 1.165) is 0 Å². The number of nitrogens with one attached hydrogen (secondary N) is 3. The maximum absolute atomic E-state index is 13.4. The Hall–Kier alpha value is -3.22. The highest BCUT2D eigenvalue weighted by molar-refractivity contribution is 7.89. The molecule has 3 amide bonds. The fraction of sp³-hybridized carbons (Fsp3) is 0.391. The molecule has 1 fully saturated rings. The number of carbonyl (C=O) groups excluding carboxylic acids is 3. The lowest BCUT2D eigenvalue weighted by atomic mass is 10.0. The quantitative estimate of drug-likeness (QED) is 0.224. The zero-order valence-corrected chi connectivity index (χ0v) is 21.6. The molecule has 196 valence electrons. The zero-order chi connectivity index (χ0) is 25.8. The number of rotatable bonds is 8. The molecule has 0 spiro atoms. The summed E-state index contributed by atoms with van der Waals surface area (Å²) in [6, 6.07) is 7.21. The third-order valence-corrected chi connectivity index (χ3v) is 7.15. The van der Waals surface area contributed by atoms with Crippen molar-refractivity contribution >= 4 is 46.1 Å². The number of carbonyl (C=O) groups is 3. The van der Waals surface area contributed by atoms with Crippen molar-refractivity contribution in [2.45, 2.75) is 50.1 Å². The van der Waals surface area contributed by atoms with Crippen LogP contribution in [0.25, 0.3) is 0 Å². The van der Waals surface area contributed by atoms with E-state index in [2.05, 4.69) is 10.0 Å². The van der Waals surface area contributed by atoms with Crippen LogP contribution < -0.4 is 15.8 Å². The van der Waals surface area contributed by atoms with Crippen LogP contribution in [0.3, 0.4) is 0 Å². The Kier molecular flexibility index (Phi) is 9.79. The van der Waals surface area contributed by atoms with Gasteiger partial charge in [-0.3, -0.25) is 29.7 Å². The van der Waals surface area contributed by atoms with E-state index in [1.54, 1.807) is 18.2 Å². The van der Waals surface area contributed by atoms with Crippen LogP contribution in [0.2, 0.25) is 0 Å². The van der Waals surface area contributed by atoms with Crippen LogP contribution in [-0.4, -0.2) is 60.2 Å². The molecule has 36 heavy (non-hydrogen) atoms. The highest BCUT2D eigenvalue weighted by Crippen LogP contribution is 2.22. The third kappa shape index (κ3) is 6.93. The molecule has 1 aromatic heterocycles. The van der Waals surface area contributed by atoms with Gasteiger partial charge in [0.25, 0.3) is 5.91 Å². The first-order chi connectivity index (χ1) is 16.5. The van der Waals surface area contributed by atoms with Crippen molar-refractivity contribution in [3.05, 3.63) is 54.4 Å². The van der Waals surface area contributed by atoms with Gasteiger partial charge in [-0.2, -0.15) is 4.72 Å². The summed E-state index contributed by atoms with van der Waals surface area (Å²) in [5, 5.41) is 9.69. The minimum absolute atomic E-state index is 0. The Balaban J connectivity index is 0.00000456. The SMILES string of the molecule is CC(C)C[C@@H](NS(=O)(=O)c1ccccc1)C(=O)N1CCC[C@H]1C(=O)NC(=O)c1ccn(C(=N)N)c1.Cl. The molecule has 13 heteroatoms. The van der Waals surface area contributed by atoms with Crippen molar-refractivity contribution in [3.63, 3.8) is 0 Å². The first-order valence-corrected chi connectivity index (χ1v) is 12.7. The number of likely N-dealkylation sites (tertiary alicyclic amines) is 1. The molecule has 5 N–H and O–H groups in total. The van der Waals surface area contributed by atoms with Crippen LogP contribution in [0.1, 0.15) is 43.5 Å². The van der Waals surface area contributed by atoms with Gasteiger partial charge in [0, 0.05) is 18.9 Å². The molecule has 2 aromatic rings. The Morgan fingerprint density at radius 2 is 1.83 bits per heavy atom. The van der Waals surface area contributed by atoms with E-state index in [1.165, 1.54) is 40.1 Å². The van der Waals surface area contributed by atoms with Crippen molar-refractivity contribution in [1.29, 1.82) is 5.41 Å². The highest BCUT2D eigenvalue weighted by atomic mass is 35.5. The number of nitrogen functional groups attached to an aromatic ring is 1. The second-order valence-electron chi connectivity index (χ2n) is 8.82. The van der Waals surface area contributed by atoms with Crippen molar-refractivity contribution in [3.8, 4) is 0 Å². The van der Waals surface area contributed by atoms with E-state index in [4.69, 9.17) is 11.1 Å². The lowest BCUT2D eigenvalue weighted by Gasteiger charge is -2.29. The number of aromatic nitrogens is 1. The van der Waals surface area contributed by atoms with Gasteiger partial charge in [0.1, 0.15) is 12.1 Å². The van der Waals surface area contributed by atoms with Gasteiger partial charge in [-0.15, -0.1) is 12.4 Å². The third-order valence-electron chi connectivity index (χ3n) is 5.66. The molecule has 0 saturated carbocycles. The standard InChI is InChI=1S/C23H30N6O5S.ClH/c1-15(2)13-18(27-35(33,34)17-7-4-3-5-8-17)22(32)29-11-6-9-19(29)21(31)26-20(30)16-10-12-28(14-16)23(24)25;/h3-5,7-8,10,12,14-15,18-19,27H,6,9,11,13H2,1-2H3,(H3,24,25)(H,26,30,31);1H/t18-,19+;/m1./s1. The molecule has 0 bridgehead atoms.